The van der Waals surface area contributed by atoms with E-state index in [2.05, 4.69) is 85.2 Å². The van der Waals surface area contributed by atoms with Crippen molar-refractivity contribution in [1.29, 1.82) is 0 Å². The number of furan rings is 1. The smallest absolute Gasteiger partial charge is 0.227 e. The first-order chi connectivity index (χ1) is 16.6. The number of aryl methyl sites for hydroxylation is 1. The van der Waals surface area contributed by atoms with Crippen LogP contribution in [0.15, 0.2) is 59.3 Å². The second kappa shape index (κ2) is 6.86. The van der Waals surface area contributed by atoms with E-state index in [1.807, 2.05) is 6.07 Å². The Hall–Kier alpha value is -3.27. The molecule has 1 unspecified atom stereocenters. The molecule has 2 aliphatic rings. The normalized spacial score (nSPS) is 19.2. The summed E-state index contributed by atoms with van der Waals surface area (Å²) in [5, 5.41) is 1.80. The van der Waals surface area contributed by atoms with Gasteiger partial charge in [-0.2, -0.15) is 0 Å². The van der Waals surface area contributed by atoms with Crippen LogP contribution < -0.4 is 9.80 Å². The molecule has 0 saturated carbocycles. The predicted molar refractivity (Wildman–Crippen MR) is 132 cm³/mol. The highest BCUT2D eigenvalue weighted by molar-refractivity contribution is 6.09. The minimum absolute atomic E-state index is 0.0531. The van der Waals surface area contributed by atoms with E-state index in [1.54, 1.807) is 6.07 Å². The molecule has 4 heteroatoms. The summed E-state index contributed by atoms with van der Waals surface area (Å²) < 4.78 is 29.4. The number of pyridine rings is 1. The van der Waals surface area contributed by atoms with E-state index in [4.69, 9.17) is 8.53 Å². The number of anilines is 2. The summed E-state index contributed by atoms with van der Waals surface area (Å²) in [7, 11) is 0. The molecule has 0 radical (unpaired) electrons. The van der Waals surface area contributed by atoms with Gasteiger partial charge in [-0.05, 0) is 53.6 Å². The summed E-state index contributed by atoms with van der Waals surface area (Å²) in [5.41, 5.74) is 7.48. The summed E-state index contributed by atoms with van der Waals surface area (Å²) in [6.45, 7) is 6.74. The van der Waals surface area contributed by atoms with Crippen molar-refractivity contribution < 1.29 is 8.53 Å². The van der Waals surface area contributed by atoms with Gasteiger partial charge in [0.25, 0.3) is 0 Å². The van der Waals surface area contributed by atoms with Gasteiger partial charge in [0, 0.05) is 45.1 Å². The fourth-order valence-corrected chi connectivity index (χ4v) is 5.32. The van der Waals surface area contributed by atoms with Gasteiger partial charge in [-0.15, -0.1) is 0 Å². The van der Waals surface area contributed by atoms with Crippen LogP contribution in [0.5, 0.6) is 0 Å². The molecule has 2 aromatic heterocycles. The Morgan fingerprint density at radius 2 is 1.59 bits per heavy atom. The lowest BCUT2D eigenvalue weighted by atomic mass is 9.91. The SMILES string of the molecule is [2H]C([2H])([2H])c1ccc2c(n1)oc1c3c(ccc12)CC1N(c2c(C(C)C)cccc2C(C)C)C=CN31. The Bertz CT molecular complexity index is 1470. The van der Waals surface area contributed by atoms with Crippen molar-refractivity contribution in [1.82, 2.24) is 4.98 Å². The molecule has 162 valence electrons. The topological polar surface area (TPSA) is 32.5 Å². The van der Waals surface area contributed by atoms with Crippen LogP contribution in [0.25, 0.3) is 22.1 Å². The fourth-order valence-electron chi connectivity index (χ4n) is 5.32. The maximum Gasteiger partial charge on any atom is 0.227 e. The van der Waals surface area contributed by atoms with Crippen molar-refractivity contribution in [2.45, 2.75) is 59.0 Å². The van der Waals surface area contributed by atoms with Gasteiger partial charge in [0.2, 0.25) is 5.71 Å². The molecule has 0 spiro atoms. The number of hydrogen-bond donors (Lipinski definition) is 0. The van der Waals surface area contributed by atoms with Crippen molar-refractivity contribution in [3.05, 3.63) is 77.2 Å². The number of hydrogen-bond acceptors (Lipinski definition) is 4. The highest BCUT2D eigenvalue weighted by atomic mass is 16.3. The molecule has 32 heavy (non-hydrogen) atoms. The number of aromatic nitrogens is 1. The van der Waals surface area contributed by atoms with Crippen molar-refractivity contribution in [2.24, 2.45) is 0 Å². The van der Waals surface area contributed by atoms with Crippen LogP contribution in [0.2, 0.25) is 0 Å². The van der Waals surface area contributed by atoms with Gasteiger partial charge >= 0.3 is 0 Å². The van der Waals surface area contributed by atoms with Gasteiger partial charge in [0.05, 0.1) is 5.69 Å². The van der Waals surface area contributed by atoms with Crippen LogP contribution in [0.4, 0.5) is 11.4 Å². The zero-order valence-corrected chi connectivity index (χ0v) is 18.9. The molecule has 0 saturated heterocycles. The molecule has 4 nitrogen and oxygen atoms in total. The van der Waals surface area contributed by atoms with Gasteiger partial charge < -0.3 is 14.2 Å². The summed E-state index contributed by atoms with van der Waals surface area (Å²) in [4.78, 5) is 9.06. The van der Waals surface area contributed by atoms with Crippen LogP contribution >= 0.6 is 0 Å². The second-order valence-corrected chi connectivity index (χ2v) is 9.49. The number of benzene rings is 2. The standard InChI is InChI=1S/C28H29N3O/c1-16(2)20-7-6-8-21(17(3)4)26(20)31-14-13-30-24(31)15-19-10-12-22-23-11-9-18(5)29-28(23)32-27(22)25(19)30/h6-14,16-17,24H,15H2,1-5H3/i5D3. The summed E-state index contributed by atoms with van der Waals surface area (Å²) in [6, 6.07) is 14.3. The number of nitrogens with zero attached hydrogens (tertiary/aromatic N) is 3. The largest absolute Gasteiger partial charge is 0.435 e. The van der Waals surface area contributed by atoms with Gasteiger partial charge in [0.15, 0.2) is 5.58 Å². The van der Waals surface area contributed by atoms with Crippen molar-refractivity contribution >= 4 is 33.4 Å². The maximum absolute atomic E-state index is 7.71. The Morgan fingerprint density at radius 1 is 0.906 bits per heavy atom. The van der Waals surface area contributed by atoms with Crippen LogP contribution in [0.3, 0.4) is 0 Å². The Balaban J connectivity index is 1.47. The lowest BCUT2D eigenvalue weighted by Gasteiger charge is -2.32. The lowest BCUT2D eigenvalue weighted by molar-refractivity contribution is 0.650. The third kappa shape index (κ3) is 2.65. The van der Waals surface area contributed by atoms with Gasteiger partial charge in [-0.1, -0.05) is 52.0 Å². The maximum atomic E-state index is 7.71. The fraction of sp³-hybridized carbons (Fsp3) is 0.321. The third-order valence-electron chi connectivity index (χ3n) is 6.86. The first-order valence-electron chi connectivity index (χ1n) is 12.9. The molecule has 1 atom stereocenters. The number of para-hydroxylation sites is 1. The molecule has 0 bridgehead atoms. The minimum Gasteiger partial charge on any atom is -0.435 e. The Morgan fingerprint density at radius 3 is 2.28 bits per heavy atom. The average Bonchev–Trinajstić information content (AvgIpc) is 3.48. The van der Waals surface area contributed by atoms with Crippen molar-refractivity contribution in [2.75, 3.05) is 9.80 Å². The summed E-state index contributed by atoms with van der Waals surface area (Å²) in [6.07, 6.45) is 5.33. The summed E-state index contributed by atoms with van der Waals surface area (Å²) >= 11 is 0. The predicted octanol–water partition coefficient (Wildman–Crippen LogP) is 7.22. The van der Waals surface area contributed by atoms with E-state index in [1.165, 1.54) is 22.4 Å². The van der Waals surface area contributed by atoms with Crippen LogP contribution in [0.1, 0.15) is 66.0 Å². The van der Waals surface area contributed by atoms with Crippen LogP contribution in [-0.4, -0.2) is 11.1 Å². The highest BCUT2D eigenvalue weighted by Crippen LogP contribution is 2.47. The van der Waals surface area contributed by atoms with E-state index >= 15 is 0 Å². The van der Waals surface area contributed by atoms with Crippen LogP contribution in [-0.2, 0) is 6.42 Å². The van der Waals surface area contributed by atoms with Crippen molar-refractivity contribution in [3.8, 4) is 0 Å². The molecule has 4 aromatic rings. The molecule has 0 fully saturated rings. The van der Waals surface area contributed by atoms with E-state index in [0.29, 0.717) is 17.5 Å². The first kappa shape index (κ1) is 16.4. The number of fused-ring (bicyclic) bond motifs is 7. The highest BCUT2D eigenvalue weighted by Gasteiger charge is 2.39. The molecular weight excluding hydrogens is 394 g/mol. The zero-order chi connectivity index (χ0) is 24.6. The first-order valence-corrected chi connectivity index (χ1v) is 11.4. The van der Waals surface area contributed by atoms with E-state index in [0.717, 1.165) is 28.5 Å². The van der Waals surface area contributed by atoms with Crippen molar-refractivity contribution in [3.63, 3.8) is 0 Å². The van der Waals surface area contributed by atoms with E-state index < -0.39 is 6.85 Å². The second-order valence-electron chi connectivity index (χ2n) is 9.49. The molecule has 6 rings (SSSR count). The molecule has 0 amide bonds. The van der Waals surface area contributed by atoms with Gasteiger partial charge in [-0.25, -0.2) is 4.98 Å². The third-order valence-corrected chi connectivity index (χ3v) is 6.86. The zero-order valence-electron chi connectivity index (χ0n) is 21.9. The molecule has 2 aliphatic heterocycles. The van der Waals surface area contributed by atoms with Gasteiger partial charge in [0.1, 0.15) is 6.17 Å². The summed E-state index contributed by atoms with van der Waals surface area (Å²) in [5.74, 6) is 0.825. The van der Waals surface area contributed by atoms with E-state index in [9.17, 15) is 0 Å². The molecule has 4 heterocycles. The Kier molecular flexibility index (Phi) is 3.51. The Labute approximate surface area is 193 Å². The molecule has 0 aliphatic carbocycles. The monoisotopic (exact) mass is 426 g/mol. The quantitative estimate of drug-likeness (QED) is 0.346. The number of rotatable bonds is 3. The minimum atomic E-state index is -2.27. The lowest BCUT2D eigenvalue weighted by Crippen LogP contribution is -2.37. The van der Waals surface area contributed by atoms with Gasteiger partial charge in [-0.3, -0.25) is 0 Å². The van der Waals surface area contributed by atoms with Crippen LogP contribution in [0, 0.1) is 6.85 Å². The van der Waals surface area contributed by atoms with E-state index in [-0.39, 0.29) is 11.9 Å². The average molecular weight is 427 g/mol. The molecule has 0 N–H and O–H groups in total. The molecule has 2 aromatic carbocycles. The molecular formula is C28H29N3O.